The molecule has 7 heteroatoms. The summed E-state index contributed by atoms with van der Waals surface area (Å²) in [6.07, 6.45) is 1.51. The predicted molar refractivity (Wildman–Crippen MR) is 80.1 cm³/mol. The maximum atomic E-state index is 11.6. The molecule has 3 aromatic rings. The molecule has 2 aromatic heterocycles. The number of pyridine rings is 1. The number of fused-ring (bicyclic) bond motifs is 1. The lowest BCUT2D eigenvalue weighted by Crippen LogP contribution is -2.08. The second-order valence-electron chi connectivity index (χ2n) is 4.29. The fraction of sp³-hybridized carbons (Fsp3) is 0.0714. The van der Waals surface area contributed by atoms with Crippen molar-refractivity contribution >= 4 is 32.9 Å². The molecule has 0 radical (unpaired) electrons. The molecule has 3 rings (SSSR count). The maximum Gasteiger partial charge on any atom is 0.355 e. The molecular weight excluding hydrogens is 338 g/mol. The van der Waals surface area contributed by atoms with Crippen LogP contribution in [0.4, 0.5) is 0 Å². The minimum Gasteiger partial charge on any atom is -0.495 e. The van der Waals surface area contributed by atoms with E-state index < -0.39 is 5.97 Å². The minimum absolute atomic E-state index is 0.0505. The highest BCUT2D eigenvalue weighted by Gasteiger charge is 2.20. The van der Waals surface area contributed by atoms with Crippen molar-refractivity contribution in [2.45, 2.75) is 0 Å². The first-order chi connectivity index (χ1) is 10.1. The lowest BCUT2D eigenvalue weighted by molar-refractivity contribution is 0.0689. The van der Waals surface area contributed by atoms with Gasteiger partial charge in [-0.2, -0.15) is 0 Å². The molecule has 1 aromatic carbocycles. The Morgan fingerprint density at radius 3 is 2.86 bits per heavy atom. The van der Waals surface area contributed by atoms with E-state index in [4.69, 9.17) is 4.74 Å². The van der Waals surface area contributed by atoms with E-state index in [9.17, 15) is 9.90 Å². The molecule has 0 saturated heterocycles. The van der Waals surface area contributed by atoms with E-state index in [1.807, 2.05) is 12.1 Å². The second-order valence-corrected chi connectivity index (χ2v) is 5.21. The third-order valence-electron chi connectivity index (χ3n) is 2.99. The van der Waals surface area contributed by atoms with Crippen LogP contribution in [0.5, 0.6) is 5.75 Å². The zero-order valence-electron chi connectivity index (χ0n) is 10.9. The third kappa shape index (κ3) is 2.36. The van der Waals surface area contributed by atoms with Crippen molar-refractivity contribution in [3.8, 4) is 11.4 Å². The van der Waals surface area contributed by atoms with Gasteiger partial charge in [0.1, 0.15) is 5.75 Å². The number of rotatable bonds is 3. The highest BCUT2D eigenvalue weighted by molar-refractivity contribution is 9.10. The number of benzene rings is 1. The number of ether oxygens (including phenoxy) is 1. The van der Waals surface area contributed by atoms with E-state index in [2.05, 4.69) is 26.0 Å². The Hall–Kier alpha value is -2.41. The topological polar surface area (TPSA) is 77.2 Å². The van der Waals surface area contributed by atoms with Crippen LogP contribution in [0.15, 0.2) is 41.0 Å². The zero-order valence-corrected chi connectivity index (χ0v) is 12.5. The van der Waals surface area contributed by atoms with Gasteiger partial charge in [0, 0.05) is 4.47 Å². The molecule has 2 heterocycles. The van der Waals surface area contributed by atoms with E-state index in [1.54, 1.807) is 18.2 Å². The monoisotopic (exact) mass is 347 g/mol. The van der Waals surface area contributed by atoms with E-state index in [0.717, 1.165) is 4.47 Å². The predicted octanol–water partition coefficient (Wildman–Crippen LogP) is 2.89. The Labute approximate surface area is 128 Å². The number of methoxy groups -OCH3 is 1. The molecule has 21 heavy (non-hydrogen) atoms. The summed E-state index contributed by atoms with van der Waals surface area (Å²) in [6.45, 7) is 0. The van der Waals surface area contributed by atoms with Crippen LogP contribution in [-0.2, 0) is 0 Å². The normalized spacial score (nSPS) is 10.8. The minimum atomic E-state index is -1.08. The lowest BCUT2D eigenvalue weighted by atomic mass is 10.2. The smallest absolute Gasteiger partial charge is 0.355 e. The number of aromatic nitrogens is 3. The van der Waals surface area contributed by atoms with Crippen LogP contribution in [0.2, 0.25) is 0 Å². The van der Waals surface area contributed by atoms with Crippen LogP contribution < -0.4 is 4.74 Å². The number of halogens is 1. The van der Waals surface area contributed by atoms with Gasteiger partial charge in [-0.05, 0) is 24.3 Å². The number of carboxylic acid groups (broad SMARTS) is 1. The first kappa shape index (κ1) is 13.6. The molecule has 0 aliphatic rings. The zero-order chi connectivity index (χ0) is 15.0. The van der Waals surface area contributed by atoms with Crippen LogP contribution in [-0.4, -0.2) is 33.0 Å². The summed E-state index contributed by atoms with van der Waals surface area (Å²) in [4.78, 5) is 15.7. The van der Waals surface area contributed by atoms with Gasteiger partial charge >= 0.3 is 5.97 Å². The Bertz CT molecular complexity index is 845. The van der Waals surface area contributed by atoms with Gasteiger partial charge in [-0.25, -0.2) is 14.5 Å². The molecular formula is C14H10BrN3O3. The number of hydrogen-bond donors (Lipinski definition) is 1. The van der Waals surface area contributed by atoms with Crippen molar-refractivity contribution in [3.63, 3.8) is 0 Å². The Morgan fingerprint density at radius 1 is 1.38 bits per heavy atom. The van der Waals surface area contributed by atoms with Gasteiger partial charge in [-0.1, -0.05) is 22.0 Å². The standard InChI is InChI=1S/C14H10BrN3O3/c1-21-10-6-11-12(14(19)20)18(17-13(11)16-7-10)9-4-2-3-8(15)5-9/h2-7H,1H3,(H,19,20). The summed E-state index contributed by atoms with van der Waals surface area (Å²) >= 11 is 3.36. The average molecular weight is 348 g/mol. The molecule has 0 fully saturated rings. The highest BCUT2D eigenvalue weighted by atomic mass is 79.9. The summed E-state index contributed by atoms with van der Waals surface area (Å²) in [6, 6.07) is 8.85. The van der Waals surface area contributed by atoms with Crippen LogP contribution in [0.25, 0.3) is 16.7 Å². The van der Waals surface area contributed by atoms with Crippen LogP contribution in [0.3, 0.4) is 0 Å². The number of carboxylic acids is 1. The third-order valence-corrected chi connectivity index (χ3v) is 3.49. The van der Waals surface area contributed by atoms with Crippen LogP contribution in [0, 0.1) is 0 Å². The van der Waals surface area contributed by atoms with Gasteiger partial charge in [0.25, 0.3) is 0 Å². The molecule has 0 unspecified atom stereocenters. The molecule has 0 spiro atoms. The van der Waals surface area contributed by atoms with Crippen LogP contribution >= 0.6 is 15.9 Å². The van der Waals surface area contributed by atoms with E-state index in [1.165, 1.54) is 18.0 Å². The van der Waals surface area contributed by atoms with Crippen molar-refractivity contribution in [1.29, 1.82) is 0 Å². The van der Waals surface area contributed by atoms with Gasteiger partial charge in [-0.3, -0.25) is 0 Å². The molecule has 1 N–H and O–H groups in total. The summed E-state index contributed by atoms with van der Waals surface area (Å²) in [5, 5.41) is 14.2. The Balaban J connectivity index is 2.32. The molecule has 0 bridgehead atoms. The fourth-order valence-electron chi connectivity index (χ4n) is 2.06. The molecule has 106 valence electrons. The Kier molecular flexibility index (Phi) is 3.34. The summed E-state index contributed by atoms with van der Waals surface area (Å²) < 4.78 is 7.29. The second kappa shape index (κ2) is 5.17. The van der Waals surface area contributed by atoms with Gasteiger partial charge < -0.3 is 9.84 Å². The molecule has 0 aliphatic heterocycles. The molecule has 0 saturated carbocycles. The molecule has 0 amide bonds. The van der Waals surface area contributed by atoms with Crippen molar-refractivity contribution in [2.75, 3.05) is 7.11 Å². The maximum absolute atomic E-state index is 11.6. The number of hydrogen-bond acceptors (Lipinski definition) is 4. The van der Waals surface area contributed by atoms with Crippen molar-refractivity contribution < 1.29 is 14.6 Å². The van der Waals surface area contributed by atoms with E-state index >= 15 is 0 Å². The number of aromatic carboxylic acids is 1. The highest BCUT2D eigenvalue weighted by Crippen LogP contribution is 2.25. The molecule has 0 aliphatic carbocycles. The number of nitrogens with zero attached hydrogens (tertiary/aromatic N) is 3. The van der Waals surface area contributed by atoms with Gasteiger partial charge in [0.05, 0.1) is 24.4 Å². The average Bonchev–Trinajstić information content (AvgIpc) is 2.85. The summed E-state index contributed by atoms with van der Waals surface area (Å²) in [7, 11) is 1.50. The van der Waals surface area contributed by atoms with E-state index in [0.29, 0.717) is 22.5 Å². The summed E-state index contributed by atoms with van der Waals surface area (Å²) in [5.41, 5.74) is 1.04. The Morgan fingerprint density at radius 2 is 2.19 bits per heavy atom. The van der Waals surface area contributed by atoms with E-state index in [-0.39, 0.29) is 5.69 Å². The molecule has 6 nitrogen and oxygen atoms in total. The van der Waals surface area contributed by atoms with Crippen molar-refractivity contribution in [2.24, 2.45) is 0 Å². The largest absolute Gasteiger partial charge is 0.495 e. The van der Waals surface area contributed by atoms with Gasteiger partial charge in [0.15, 0.2) is 11.3 Å². The lowest BCUT2D eigenvalue weighted by Gasteiger charge is -2.04. The first-order valence-corrected chi connectivity index (χ1v) is 6.81. The van der Waals surface area contributed by atoms with Crippen molar-refractivity contribution in [1.82, 2.24) is 14.8 Å². The van der Waals surface area contributed by atoms with Crippen LogP contribution in [0.1, 0.15) is 10.5 Å². The number of carbonyl (C=O) groups is 1. The fourth-order valence-corrected chi connectivity index (χ4v) is 2.45. The molecule has 0 atom stereocenters. The summed E-state index contributed by atoms with van der Waals surface area (Å²) in [5.74, 6) is -0.591. The van der Waals surface area contributed by atoms with Gasteiger partial charge in [0.2, 0.25) is 0 Å². The quantitative estimate of drug-likeness (QED) is 0.788. The van der Waals surface area contributed by atoms with Crippen molar-refractivity contribution in [3.05, 3.63) is 46.7 Å². The SMILES string of the molecule is COc1cnc2nn(-c3cccc(Br)c3)c(C(=O)O)c2c1. The first-order valence-electron chi connectivity index (χ1n) is 6.02. The van der Waals surface area contributed by atoms with Gasteiger partial charge in [-0.15, -0.1) is 5.10 Å².